The first-order chi connectivity index (χ1) is 6.62. The van der Waals surface area contributed by atoms with Crippen LogP contribution in [0.3, 0.4) is 0 Å². The second kappa shape index (κ2) is 4.43. The minimum absolute atomic E-state index is 0.0870. The van der Waals surface area contributed by atoms with Crippen LogP contribution in [-0.2, 0) is 4.79 Å². The zero-order valence-corrected chi connectivity index (χ0v) is 8.49. The molecule has 1 saturated carbocycles. The third-order valence-electron chi connectivity index (χ3n) is 2.78. The molecule has 14 heavy (non-hydrogen) atoms. The molecule has 1 aliphatic carbocycles. The van der Waals surface area contributed by atoms with E-state index >= 15 is 0 Å². The lowest BCUT2D eigenvalue weighted by Gasteiger charge is -2.22. The van der Waals surface area contributed by atoms with E-state index in [1.54, 1.807) is 0 Å². The Morgan fingerprint density at radius 1 is 1.64 bits per heavy atom. The van der Waals surface area contributed by atoms with Gasteiger partial charge in [-0.2, -0.15) is 5.26 Å². The van der Waals surface area contributed by atoms with Gasteiger partial charge in [0.05, 0.1) is 12.6 Å². The van der Waals surface area contributed by atoms with Crippen molar-refractivity contribution in [2.45, 2.75) is 26.2 Å². The van der Waals surface area contributed by atoms with Crippen molar-refractivity contribution in [2.75, 3.05) is 19.6 Å². The van der Waals surface area contributed by atoms with Crippen LogP contribution < -0.4 is 0 Å². The molecule has 0 heterocycles. The quantitative estimate of drug-likeness (QED) is 0.690. The molecule has 0 bridgehead atoms. The van der Waals surface area contributed by atoms with Crippen LogP contribution in [0.4, 0.5) is 0 Å². The van der Waals surface area contributed by atoms with Gasteiger partial charge in [0.2, 0.25) is 0 Å². The van der Waals surface area contributed by atoms with Crippen LogP contribution in [-0.4, -0.2) is 35.6 Å². The Hall–Kier alpha value is -1.08. The maximum absolute atomic E-state index is 10.5. The number of carbonyl (C=O) groups is 1. The van der Waals surface area contributed by atoms with E-state index in [9.17, 15) is 4.79 Å². The molecule has 0 aromatic rings. The Balaban J connectivity index is 2.40. The Morgan fingerprint density at radius 3 is 2.64 bits per heavy atom. The number of likely N-dealkylation sites (N-methyl/N-ethyl adjacent to an activating group) is 1. The molecule has 1 fully saturated rings. The molecule has 1 N–H and O–H groups in total. The van der Waals surface area contributed by atoms with Crippen molar-refractivity contribution >= 4 is 5.97 Å². The van der Waals surface area contributed by atoms with Gasteiger partial charge in [0.15, 0.2) is 0 Å². The number of aliphatic carboxylic acids is 1. The minimum Gasteiger partial charge on any atom is -0.480 e. The molecule has 1 aliphatic rings. The molecule has 0 atom stereocenters. The van der Waals surface area contributed by atoms with Crippen molar-refractivity contribution in [2.24, 2.45) is 5.41 Å². The standard InChI is InChI=1S/C10H16N2O2/c1-2-12(7-9(13)14)8-10(3-4-10)5-6-11/h2-5,7-8H2,1H3,(H,13,14). The van der Waals surface area contributed by atoms with E-state index in [1.165, 1.54) is 0 Å². The van der Waals surface area contributed by atoms with Crippen LogP contribution in [0.2, 0.25) is 0 Å². The lowest BCUT2D eigenvalue weighted by molar-refractivity contribution is -0.138. The van der Waals surface area contributed by atoms with Crippen molar-refractivity contribution in [1.29, 1.82) is 5.26 Å². The highest BCUT2D eigenvalue weighted by atomic mass is 16.4. The molecule has 0 saturated heterocycles. The second-order valence-electron chi connectivity index (χ2n) is 4.03. The zero-order chi connectivity index (χ0) is 10.6. The van der Waals surface area contributed by atoms with Gasteiger partial charge < -0.3 is 5.11 Å². The number of rotatable bonds is 6. The summed E-state index contributed by atoms with van der Waals surface area (Å²) in [6.45, 7) is 3.53. The van der Waals surface area contributed by atoms with Gasteiger partial charge in [0.1, 0.15) is 0 Å². The third-order valence-corrected chi connectivity index (χ3v) is 2.78. The fraction of sp³-hybridized carbons (Fsp3) is 0.800. The molecular weight excluding hydrogens is 180 g/mol. The molecule has 0 radical (unpaired) electrons. The molecule has 0 aliphatic heterocycles. The maximum Gasteiger partial charge on any atom is 0.317 e. The predicted molar refractivity (Wildman–Crippen MR) is 51.6 cm³/mol. The SMILES string of the molecule is CCN(CC(=O)O)CC1(CC#N)CC1. The van der Waals surface area contributed by atoms with E-state index in [1.807, 2.05) is 11.8 Å². The molecule has 0 amide bonds. The Labute approximate surface area is 84.1 Å². The number of hydrogen-bond donors (Lipinski definition) is 1. The van der Waals surface area contributed by atoms with E-state index in [4.69, 9.17) is 10.4 Å². The normalized spacial score (nSPS) is 17.8. The van der Waals surface area contributed by atoms with Crippen molar-refractivity contribution in [3.05, 3.63) is 0 Å². The number of carboxylic acids is 1. The van der Waals surface area contributed by atoms with Gasteiger partial charge >= 0.3 is 5.97 Å². The van der Waals surface area contributed by atoms with Crippen molar-refractivity contribution in [3.8, 4) is 6.07 Å². The maximum atomic E-state index is 10.5. The summed E-state index contributed by atoms with van der Waals surface area (Å²) in [5, 5.41) is 17.3. The molecule has 0 spiro atoms. The molecule has 78 valence electrons. The summed E-state index contributed by atoms with van der Waals surface area (Å²) in [5.74, 6) is -0.792. The second-order valence-corrected chi connectivity index (χ2v) is 4.03. The monoisotopic (exact) mass is 196 g/mol. The van der Waals surface area contributed by atoms with Gasteiger partial charge in [-0.25, -0.2) is 0 Å². The Kier molecular flexibility index (Phi) is 3.48. The minimum atomic E-state index is -0.792. The van der Waals surface area contributed by atoms with Gasteiger partial charge in [-0.1, -0.05) is 6.92 Å². The molecule has 0 unspecified atom stereocenters. The van der Waals surface area contributed by atoms with Crippen molar-refractivity contribution in [3.63, 3.8) is 0 Å². The molecule has 1 rings (SSSR count). The largest absolute Gasteiger partial charge is 0.480 e. The van der Waals surface area contributed by atoms with Gasteiger partial charge in [0, 0.05) is 13.0 Å². The van der Waals surface area contributed by atoms with E-state index < -0.39 is 5.97 Å². The van der Waals surface area contributed by atoms with Crippen LogP contribution in [0.5, 0.6) is 0 Å². The topological polar surface area (TPSA) is 64.3 Å². The van der Waals surface area contributed by atoms with Crippen LogP contribution in [0, 0.1) is 16.7 Å². The number of hydrogen-bond acceptors (Lipinski definition) is 3. The fourth-order valence-electron chi connectivity index (χ4n) is 1.68. The first kappa shape index (κ1) is 11.0. The van der Waals surface area contributed by atoms with E-state index in [-0.39, 0.29) is 12.0 Å². The number of carboxylic acid groups (broad SMARTS) is 1. The van der Waals surface area contributed by atoms with Crippen LogP contribution in [0.25, 0.3) is 0 Å². The average Bonchev–Trinajstić information content (AvgIpc) is 2.84. The van der Waals surface area contributed by atoms with Gasteiger partial charge in [-0.05, 0) is 24.8 Å². The highest BCUT2D eigenvalue weighted by molar-refractivity contribution is 5.69. The Bertz CT molecular complexity index is 253. The average molecular weight is 196 g/mol. The summed E-state index contributed by atoms with van der Waals surface area (Å²) in [4.78, 5) is 12.4. The van der Waals surface area contributed by atoms with Crippen molar-refractivity contribution < 1.29 is 9.90 Å². The van der Waals surface area contributed by atoms with Gasteiger partial charge in [-0.15, -0.1) is 0 Å². The summed E-state index contributed by atoms with van der Waals surface area (Å²) in [6, 6.07) is 2.18. The van der Waals surface area contributed by atoms with Gasteiger partial charge in [-0.3, -0.25) is 9.69 Å². The highest BCUT2D eigenvalue weighted by Crippen LogP contribution is 2.48. The summed E-state index contributed by atoms with van der Waals surface area (Å²) in [6.07, 6.45) is 2.69. The smallest absolute Gasteiger partial charge is 0.317 e. The molecule has 0 aromatic carbocycles. The first-order valence-corrected chi connectivity index (χ1v) is 4.93. The highest BCUT2D eigenvalue weighted by Gasteiger charge is 2.43. The summed E-state index contributed by atoms with van der Waals surface area (Å²) in [7, 11) is 0. The molecule has 4 nitrogen and oxygen atoms in total. The van der Waals surface area contributed by atoms with E-state index in [0.717, 1.165) is 25.9 Å². The summed E-state index contributed by atoms with van der Waals surface area (Å²) in [5.41, 5.74) is 0.111. The Morgan fingerprint density at radius 2 is 2.29 bits per heavy atom. The van der Waals surface area contributed by atoms with Crippen LogP contribution in [0.15, 0.2) is 0 Å². The number of nitriles is 1. The van der Waals surface area contributed by atoms with Gasteiger partial charge in [0.25, 0.3) is 0 Å². The van der Waals surface area contributed by atoms with Crippen molar-refractivity contribution in [1.82, 2.24) is 4.90 Å². The molecule has 0 aromatic heterocycles. The fourth-order valence-corrected chi connectivity index (χ4v) is 1.68. The number of nitrogens with zero attached hydrogens (tertiary/aromatic N) is 2. The zero-order valence-electron chi connectivity index (χ0n) is 8.49. The van der Waals surface area contributed by atoms with Crippen LogP contribution in [0.1, 0.15) is 26.2 Å². The van der Waals surface area contributed by atoms with E-state index in [0.29, 0.717) is 6.42 Å². The summed E-state index contributed by atoms with van der Waals surface area (Å²) < 4.78 is 0. The molecule has 4 heteroatoms. The first-order valence-electron chi connectivity index (χ1n) is 4.93. The summed E-state index contributed by atoms with van der Waals surface area (Å²) >= 11 is 0. The predicted octanol–water partition coefficient (Wildman–Crippen LogP) is 1.09. The van der Waals surface area contributed by atoms with E-state index in [2.05, 4.69) is 6.07 Å². The third kappa shape index (κ3) is 3.00. The lowest BCUT2D eigenvalue weighted by atomic mass is 10.0. The lowest BCUT2D eigenvalue weighted by Crippen LogP contribution is -2.34. The molecular formula is C10H16N2O2. The van der Waals surface area contributed by atoms with Crippen LogP contribution >= 0.6 is 0 Å².